The lowest BCUT2D eigenvalue weighted by Gasteiger charge is -2.49. The number of methoxy groups -OCH3 is 1. The molecule has 0 spiro atoms. The smallest absolute Gasteiger partial charge is 0.413 e. The Morgan fingerprint density at radius 3 is 2.17 bits per heavy atom. The summed E-state index contributed by atoms with van der Waals surface area (Å²) < 4.78 is 22.6. The van der Waals surface area contributed by atoms with Gasteiger partial charge in [-0.3, -0.25) is 19.8 Å². The molecule has 6 rings (SSSR count). The van der Waals surface area contributed by atoms with E-state index in [2.05, 4.69) is 34.9 Å². The van der Waals surface area contributed by atoms with E-state index < -0.39 is 63.8 Å². The molecule has 0 saturated carbocycles. The van der Waals surface area contributed by atoms with Gasteiger partial charge in [-0.2, -0.15) is 0 Å². The van der Waals surface area contributed by atoms with Crippen LogP contribution in [0.4, 0.5) is 9.93 Å². The van der Waals surface area contributed by atoms with Crippen molar-refractivity contribution in [3.8, 4) is 17.2 Å². The lowest BCUT2D eigenvalue weighted by Crippen LogP contribution is -2.71. The molecule has 4 N–H and O–H groups in total. The second-order valence-electron chi connectivity index (χ2n) is 20.3. The Morgan fingerprint density at radius 1 is 0.875 bits per heavy atom. The highest BCUT2D eigenvalue weighted by Gasteiger charge is 2.54. The maximum atomic E-state index is 14.3. The van der Waals surface area contributed by atoms with Gasteiger partial charge in [0.1, 0.15) is 52.9 Å². The summed E-state index contributed by atoms with van der Waals surface area (Å²) in [6, 6.07) is 18.8. The van der Waals surface area contributed by atoms with Crippen LogP contribution in [-0.2, 0) is 57.8 Å². The number of carbonyl (C=O) groups excluding carboxylic acids is 5. The Labute approximate surface area is 427 Å². The van der Waals surface area contributed by atoms with Crippen LogP contribution in [0, 0.1) is 0 Å². The van der Waals surface area contributed by atoms with E-state index in [0.717, 1.165) is 41.1 Å². The molecule has 0 unspecified atom stereocenters. The fourth-order valence-corrected chi connectivity index (χ4v) is 9.20. The molecule has 18 nitrogen and oxygen atoms in total. The van der Waals surface area contributed by atoms with Crippen LogP contribution in [0.5, 0.6) is 17.2 Å². The van der Waals surface area contributed by atoms with Crippen LogP contribution in [-0.4, -0.2) is 122 Å². The molecule has 0 aliphatic carbocycles. The van der Waals surface area contributed by atoms with Crippen molar-refractivity contribution in [1.82, 2.24) is 15.2 Å². The minimum absolute atomic E-state index is 0.0327. The van der Waals surface area contributed by atoms with E-state index in [1.807, 2.05) is 30.3 Å². The highest BCUT2D eigenvalue weighted by atomic mass is 32.2. The number of allylic oxidation sites excluding steroid dienone is 1. The largest absolute Gasteiger partial charge is 0.504 e. The Bertz CT molecular complexity index is 2750. The predicted molar refractivity (Wildman–Crippen MR) is 274 cm³/mol. The average Bonchev–Trinajstić information content (AvgIpc) is 3.76. The van der Waals surface area contributed by atoms with Crippen molar-refractivity contribution in [1.29, 1.82) is 0 Å². The lowest BCUT2D eigenvalue weighted by atomic mass is 10.0. The summed E-state index contributed by atoms with van der Waals surface area (Å²) in [4.78, 5) is 79.6. The van der Waals surface area contributed by atoms with Gasteiger partial charge < -0.3 is 43.8 Å². The predicted octanol–water partition coefficient (Wildman–Crippen LogP) is 7.68. The Morgan fingerprint density at radius 2 is 1.53 bits per heavy atom. The highest BCUT2D eigenvalue weighted by molar-refractivity contribution is 8.00. The molecule has 2 atom stereocenters. The first kappa shape index (κ1) is 54.4. The van der Waals surface area contributed by atoms with Gasteiger partial charge in [-0.05, 0) is 102 Å². The van der Waals surface area contributed by atoms with Gasteiger partial charge in [0.15, 0.2) is 22.3 Å². The maximum Gasteiger partial charge on any atom is 0.413 e. The number of phenols is 2. The normalized spacial score (nSPS) is 16.4. The first-order valence-electron chi connectivity index (χ1n) is 23.0. The second-order valence-corrected chi connectivity index (χ2v) is 22.3. The Kier molecular flexibility index (Phi) is 16.8. The number of nitrogens with one attached hydrogen (secondary N) is 2. The number of rotatable bonds is 18. The van der Waals surface area contributed by atoms with E-state index in [1.54, 1.807) is 91.1 Å². The molecule has 3 heterocycles. The zero-order valence-corrected chi connectivity index (χ0v) is 44.0. The van der Waals surface area contributed by atoms with Gasteiger partial charge in [-0.15, -0.1) is 23.1 Å². The van der Waals surface area contributed by atoms with Crippen molar-refractivity contribution >= 4 is 69.9 Å². The number of carbonyl (C=O) groups is 5. The van der Waals surface area contributed by atoms with Crippen LogP contribution in [0.2, 0.25) is 0 Å². The quantitative estimate of drug-likeness (QED) is 0.0143. The molecule has 72 heavy (non-hydrogen) atoms. The fourth-order valence-electron chi connectivity index (χ4n) is 7.20. The van der Waals surface area contributed by atoms with Crippen LogP contribution < -0.4 is 15.4 Å². The van der Waals surface area contributed by atoms with Crippen molar-refractivity contribution in [2.75, 3.05) is 38.8 Å². The number of phenolic OH excluding ortho intramolecular Hbond substituents is 2. The minimum Gasteiger partial charge on any atom is -0.504 e. The van der Waals surface area contributed by atoms with Crippen molar-refractivity contribution in [2.24, 2.45) is 5.16 Å². The van der Waals surface area contributed by atoms with Gasteiger partial charge in [-0.25, -0.2) is 19.4 Å². The Balaban J connectivity index is 1.22. The third kappa shape index (κ3) is 14.6. The molecule has 3 aromatic carbocycles. The number of amides is 3. The summed E-state index contributed by atoms with van der Waals surface area (Å²) in [5, 5.41) is 29.8. The molecule has 1 fully saturated rings. The van der Waals surface area contributed by atoms with Crippen molar-refractivity contribution in [2.45, 2.75) is 103 Å². The standard InChI is InChI=1S/C52H62N6O12S2/c1-50(2,3)68-47(64)52(7,8)70-56-40(37-30-72-48(53-37)55-49(65)69-51(4,5)6)43(61)54-41-44(62)57-42(46(63)67-28-34-17-21-36(66-11)22-18-34)35(29-71-45(41)57)20-16-31-12-14-33(15-13-31)27-58(9,10)25-24-32-19-23-38(59)39(60)26-32/h12-23,26,30,41,45H,24-25,27-29H2,1-11H3,(H3-,53,54,55,56,59,60,61,65)/p+1/b20-16-/t41-,45-/m1/s1. The number of aromatic nitrogens is 1. The summed E-state index contributed by atoms with van der Waals surface area (Å²) >= 11 is 2.31. The molecular weight excluding hydrogens is 965 g/mol. The van der Waals surface area contributed by atoms with Crippen LogP contribution in [0.3, 0.4) is 0 Å². The summed E-state index contributed by atoms with van der Waals surface area (Å²) in [6.45, 7) is 14.5. The number of hydrogen-bond donors (Lipinski definition) is 4. The first-order valence-corrected chi connectivity index (χ1v) is 25.0. The number of quaternary nitrogens is 1. The molecule has 2 aliphatic heterocycles. The van der Waals surface area contributed by atoms with Crippen molar-refractivity contribution < 1.29 is 62.5 Å². The summed E-state index contributed by atoms with van der Waals surface area (Å²) in [7, 11) is 5.80. The number of fused-ring (bicyclic) bond motifs is 1. The van der Waals surface area contributed by atoms with Gasteiger partial charge in [-0.1, -0.05) is 59.8 Å². The van der Waals surface area contributed by atoms with E-state index in [-0.39, 0.29) is 40.4 Å². The zero-order chi connectivity index (χ0) is 52.8. The van der Waals surface area contributed by atoms with E-state index in [1.165, 1.54) is 42.0 Å². The molecule has 20 heteroatoms. The molecule has 1 saturated heterocycles. The van der Waals surface area contributed by atoms with Crippen LogP contribution in [0.1, 0.15) is 83.3 Å². The van der Waals surface area contributed by atoms with Gasteiger partial charge in [0.25, 0.3) is 11.8 Å². The molecule has 0 bridgehead atoms. The summed E-state index contributed by atoms with van der Waals surface area (Å²) in [5.74, 6) is -2.35. The average molecular weight is 1030 g/mol. The summed E-state index contributed by atoms with van der Waals surface area (Å²) in [5.41, 5.74) is 0.358. The van der Waals surface area contributed by atoms with Gasteiger partial charge in [0.2, 0.25) is 5.60 Å². The third-order valence-electron chi connectivity index (χ3n) is 10.9. The van der Waals surface area contributed by atoms with Crippen LogP contribution in [0.25, 0.3) is 6.08 Å². The number of thioether (sulfide) groups is 1. The van der Waals surface area contributed by atoms with Crippen molar-refractivity contribution in [3.05, 3.63) is 117 Å². The number of likely N-dealkylation sites (N-methyl/N-ethyl adjacent to an activating group) is 1. The van der Waals surface area contributed by atoms with E-state index >= 15 is 0 Å². The van der Waals surface area contributed by atoms with Crippen LogP contribution >= 0.6 is 23.1 Å². The van der Waals surface area contributed by atoms with Crippen LogP contribution in [0.15, 0.2) is 94.6 Å². The number of anilines is 1. The van der Waals surface area contributed by atoms with Gasteiger partial charge in [0.05, 0.1) is 27.7 Å². The van der Waals surface area contributed by atoms with E-state index in [9.17, 15) is 34.2 Å². The SMILES string of the molecule is COc1ccc(COC(=O)C2=C(/C=C\c3ccc(C[N+](C)(C)CCc4ccc(O)c(O)c4)cc3)CS[C@@H]3[C@H](NC(=O)/C(=N\OC(C)(C)C(=O)OC(C)(C)C)c4csc(NC(=O)OC(C)(C)C)n4)C(=O)N23)cc1. The minimum atomic E-state index is -1.67. The number of oxime groups is 1. The zero-order valence-electron chi connectivity index (χ0n) is 42.4. The number of nitrogens with zero attached hydrogens (tertiary/aromatic N) is 4. The Hall–Kier alpha value is -6.90. The van der Waals surface area contributed by atoms with E-state index in [4.69, 9.17) is 23.8 Å². The van der Waals surface area contributed by atoms with Crippen molar-refractivity contribution in [3.63, 3.8) is 0 Å². The topological polar surface area (TPSA) is 225 Å². The number of β-lactam (4-membered cyclic amide) rings is 1. The third-order valence-corrected chi connectivity index (χ3v) is 13.0. The molecule has 4 aromatic rings. The fraction of sp³-hybridized carbons (Fsp3) is 0.404. The highest BCUT2D eigenvalue weighted by Crippen LogP contribution is 2.41. The second kappa shape index (κ2) is 22.3. The molecule has 3 amide bonds. The molecule has 2 aliphatic rings. The van der Waals surface area contributed by atoms with E-state index in [0.29, 0.717) is 27.8 Å². The number of hydrogen-bond acceptors (Lipinski definition) is 16. The lowest BCUT2D eigenvalue weighted by molar-refractivity contribution is -0.903. The number of esters is 2. The number of aromatic hydroxyl groups is 2. The monoisotopic (exact) mass is 1030 g/mol. The van der Waals surface area contributed by atoms with Gasteiger partial charge >= 0.3 is 18.0 Å². The molecular formula is C52H63N6O12S2+. The molecule has 0 radical (unpaired) electrons. The summed E-state index contributed by atoms with van der Waals surface area (Å²) in [6.07, 6.45) is 3.57. The number of ether oxygens (including phenoxy) is 4. The number of benzene rings is 3. The maximum absolute atomic E-state index is 14.3. The number of thiazole rings is 1. The molecule has 1 aromatic heterocycles. The van der Waals surface area contributed by atoms with Gasteiger partial charge in [0, 0.05) is 23.1 Å². The molecule has 384 valence electrons. The first-order chi connectivity index (χ1) is 33.7.